The van der Waals surface area contributed by atoms with Crippen LogP contribution in [0.15, 0.2) is 0 Å². The van der Waals surface area contributed by atoms with Crippen LogP contribution in [0.4, 0.5) is 13.2 Å². The maximum atomic E-state index is 11.5. The Hall–Kier alpha value is -0.370. The molecule has 0 radical (unpaired) electrons. The fraction of sp³-hybridized carbons (Fsp3) is 1.00. The maximum absolute atomic E-state index is 11.5. The Kier molecular flexibility index (Phi) is 7.67. The first-order valence-corrected chi connectivity index (χ1v) is 4.42. The van der Waals surface area contributed by atoms with Gasteiger partial charge in [-0.3, -0.25) is 4.74 Å². The van der Waals surface area contributed by atoms with Crippen LogP contribution in [0.25, 0.3) is 0 Å². The molecule has 0 bridgehead atoms. The van der Waals surface area contributed by atoms with Gasteiger partial charge in [-0.05, 0) is 0 Å². The standard InChI is InChI=1S/C8H16F3NO3/c1-13-6-7(14-2)5-12-3-4-15-8(9,10)11/h7,12H,3-6H2,1-2H3. The molecule has 0 saturated heterocycles. The summed E-state index contributed by atoms with van der Waals surface area (Å²) in [6.07, 6.45) is -4.73. The second-order valence-electron chi connectivity index (χ2n) is 2.81. The molecule has 0 spiro atoms. The van der Waals surface area contributed by atoms with Gasteiger partial charge >= 0.3 is 6.36 Å². The molecule has 0 aliphatic rings. The zero-order valence-corrected chi connectivity index (χ0v) is 8.76. The molecule has 0 aromatic rings. The van der Waals surface area contributed by atoms with Crippen molar-refractivity contribution < 1.29 is 27.4 Å². The summed E-state index contributed by atoms with van der Waals surface area (Å²) < 4.78 is 48.0. The molecule has 15 heavy (non-hydrogen) atoms. The lowest BCUT2D eigenvalue weighted by atomic mass is 10.4. The topological polar surface area (TPSA) is 39.7 Å². The largest absolute Gasteiger partial charge is 0.522 e. The highest BCUT2D eigenvalue weighted by molar-refractivity contribution is 4.59. The Morgan fingerprint density at radius 1 is 1.27 bits per heavy atom. The predicted octanol–water partition coefficient (Wildman–Crippen LogP) is 0.774. The van der Waals surface area contributed by atoms with E-state index in [4.69, 9.17) is 9.47 Å². The first-order chi connectivity index (χ1) is 6.99. The van der Waals surface area contributed by atoms with E-state index in [-0.39, 0.29) is 12.6 Å². The van der Waals surface area contributed by atoms with Gasteiger partial charge in [0.1, 0.15) is 0 Å². The quantitative estimate of drug-likeness (QED) is 0.626. The van der Waals surface area contributed by atoms with Gasteiger partial charge < -0.3 is 14.8 Å². The Bertz CT molecular complexity index is 155. The van der Waals surface area contributed by atoms with Crippen LogP contribution in [0, 0.1) is 0 Å². The van der Waals surface area contributed by atoms with E-state index < -0.39 is 13.0 Å². The van der Waals surface area contributed by atoms with Gasteiger partial charge in [0.25, 0.3) is 0 Å². The highest BCUT2D eigenvalue weighted by Crippen LogP contribution is 2.14. The lowest BCUT2D eigenvalue weighted by molar-refractivity contribution is -0.323. The van der Waals surface area contributed by atoms with E-state index in [1.807, 2.05) is 0 Å². The van der Waals surface area contributed by atoms with Crippen molar-refractivity contribution >= 4 is 0 Å². The average Bonchev–Trinajstić information content (AvgIpc) is 2.14. The normalized spacial score (nSPS) is 14.2. The first kappa shape index (κ1) is 14.6. The fourth-order valence-electron chi connectivity index (χ4n) is 0.898. The summed E-state index contributed by atoms with van der Waals surface area (Å²) in [5.41, 5.74) is 0. The summed E-state index contributed by atoms with van der Waals surface area (Å²) in [4.78, 5) is 0. The molecule has 0 rings (SSSR count). The molecule has 1 N–H and O–H groups in total. The van der Waals surface area contributed by atoms with Crippen molar-refractivity contribution in [1.82, 2.24) is 5.32 Å². The van der Waals surface area contributed by atoms with Gasteiger partial charge in [0.2, 0.25) is 0 Å². The van der Waals surface area contributed by atoms with Crippen LogP contribution in [0.3, 0.4) is 0 Å². The monoisotopic (exact) mass is 231 g/mol. The number of methoxy groups -OCH3 is 2. The zero-order valence-electron chi connectivity index (χ0n) is 8.76. The SMILES string of the molecule is COCC(CNCCOC(F)(F)F)OC. The van der Waals surface area contributed by atoms with Gasteiger partial charge in [-0.15, -0.1) is 13.2 Å². The molecule has 0 amide bonds. The van der Waals surface area contributed by atoms with Gasteiger partial charge in [0, 0.05) is 27.3 Å². The Balaban J connectivity index is 3.36. The van der Waals surface area contributed by atoms with Crippen molar-refractivity contribution in [1.29, 1.82) is 0 Å². The van der Waals surface area contributed by atoms with Crippen molar-refractivity contribution in [2.45, 2.75) is 12.5 Å². The van der Waals surface area contributed by atoms with Crippen molar-refractivity contribution in [3.05, 3.63) is 0 Å². The first-order valence-electron chi connectivity index (χ1n) is 4.42. The lowest BCUT2D eigenvalue weighted by Gasteiger charge is -2.15. The number of hydrogen-bond acceptors (Lipinski definition) is 4. The molecule has 1 unspecified atom stereocenters. The van der Waals surface area contributed by atoms with Gasteiger partial charge in [-0.1, -0.05) is 0 Å². The van der Waals surface area contributed by atoms with Gasteiger partial charge in [-0.25, -0.2) is 0 Å². The molecule has 0 aliphatic carbocycles. The summed E-state index contributed by atoms with van der Waals surface area (Å²) in [5.74, 6) is 0. The van der Waals surface area contributed by atoms with E-state index >= 15 is 0 Å². The van der Waals surface area contributed by atoms with Crippen LogP contribution < -0.4 is 5.32 Å². The van der Waals surface area contributed by atoms with Crippen LogP contribution >= 0.6 is 0 Å². The van der Waals surface area contributed by atoms with Crippen LogP contribution in [0.1, 0.15) is 0 Å². The van der Waals surface area contributed by atoms with Crippen LogP contribution in [0.2, 0.25) is 0 Å². The predicted molar refractivity (Wildman–Crippen MR) is 47.5 cm³/mol. The second-order valence-corrected chi connectivity index (χ2v) is 2.81. The molecule has 4 nitrogen and oxygen atoms in total. The highest BCUT2D eigenvalue weighted by atomic mass is 19.4. The van der Waals surface area contributed by atoms with E-state index in [1.54, 1.807) is 0 Å². The molecular formula is C8H16F3NO3. The third-order valence-corrected chi connectivity index (χ3v) is 1.60. The van der Waals surface area contributed by atoms with Crippen molar-refractivity contribution in [3.63, 3.8) is 0 Å². The Morgan fingerprint density at radius 3 is 2.40 bits per heavy atom. The summed E-state index contributed by atoms with van der Waals surface area (Å²) >= 11 is 0. The van der Waals surface area contributed by atoms with Crippen LogP contribution in [-0.4, -0.2) is 53.0 Å². The molecule has 0 aromatic heterocycles. The Morgan fingerprint density at radius 2 is 1.93 bits per heavy atom. The molecule has 92 valence electrons. The van der Waals surface area contributed by atoms with E-state index in [9.17, 15) is 13.2 Å². The summed E-state index contributed by atoms with van der Waals surface area (Å²) in [5, 5.41) is 2.76. The number of ether oxygens (including phenoxy) is 3. The number of rotatable bonds is 8. The van der Waals surface area contributed by atoms with Gasteiger partial charge in [0.15, 0.2) is 0 Å². The molecule has 0 saturated carbocycles. The maximum Gasteiger partial charge on any atom is 0.522 e. The van der Waals surface area contributed by atoms with E-state index in [1.165, 1.54) is 14.2 Å². The van der Waals surface area contributed by atoms with Gasteiger partial charge in [0.05, 0.1) is 19.3 Å². The summed E-state index contributed by atoms with van der Waals surface area (Å²) in [7, 11) is 3.04. The van der Waals surface area contributed by atoms with Crippen molar-refractivity contribution in [2.75, 3.05) is 40.5 Å². The summed E-state index contributed by atoms with van der Waals surface area (Å²) in [6, 6.07) is 0. The lowest BCUT2D eigenvalue weighted by Crippen LogP contribution is -2.34. The van der Waals surface area contributed by atoms with Crippen molar-refractivity contribution in [3.8, 4) is 0 Å². The fourth-order valence-corrected chi connectivity index (χ4v) is 0.898. The highest BCUT2D eigenvalue weighted by Gasteiger charge is 2.28. The van der Waals surface area contributed by atoms with E-state index in [0.717, 1.165) is 0 Å². The third-order valence-electron chi connectivity index (χ3n) is 1.60. The van der Waals surface area contributed by atoms with E-state index in [2.05, 4.69) is 10.1 Å². The summed E-state index contributed by atoms with van der Waals surface area (Å²) in [6.45, 7) is 0.519. The second kappa shape index (κ2) is 7.86. The number of nitrogens with one attached hydrogen (secondary N) is 1. The van der Waals surface area contributed by atoms with Gasteiger partial charge in [-0.2, -0.15) is 0 Å². The molecule has 0 fully saturated rings. The number of alkyl halides is 3. The number of halogens is 3. The minimum atomic E-state index is -4.56. The Labute approximate surface area is 86.7 Å². The minimum absolute atomic E-state index is 0.114. The average molecular weight is 231 g/mol. The van der Waals surface area contributed by atoms with Crippen LogP contribution in [0.5, 0.6) is 0 Å². The smallest absolute Gasteiger partial charge is 0.382 e. The van der Waals surface area contributed by atoms with Crippen molar-refractivity contribution in [2.24, 2.45) is 0 Å². The minimum Gasteiger partial charge on any atom is -0.382 e. The number of hydrogen-bond donors (Lipinski definition) is 1. The molecule has 0 aromatic carbocycles. The van der Waals surface area contributed by atoms with Crippen LogP contribution in [-0.2, 0) is 14.2 Å². The molecule has 0 aliphatic heterocycles. The molecular weight excluding hydrogens is 215 g/mol. The molecule has 0 heterocycles. The molecule has 1 atom stereocenters. The van der Waals surface area contributed by atoms with E-state index in [0.29, 0.717) is 13.2 Å². The zero-order chi connectivity index (χ0) is 11.7. The third kappa shape index (κ3) is 9.92. The molecule has 7 heteroatoms.